The van der Waals surface area contributed by atoms with Crippen LogP contribution < -0.4 is 5.32 Å². The normalized spacial score (nSPS) is 25.8. The monoisotopic (exact) mass is 184 g/mol. The fourth-order valence-electron chi connectivity index (χ4n) is 1.39. The second-order valence-corrected chi connectivity index (χ2v) is 4.22. The quantitative estimate of drug-likeness (QED) is 0.638. The summed E-state index contributed by atoms with van der Waals surface area (Å²) in [6, 6.07) is 0. The zero-order chi connectivity index (χ0) is 9.84. The Morgan fingerprint density at radius 1 is 1.54 bits per heavy atom. The number of nitrogens with one attached hydrogen (secondary N) is 1. The van der Waals surface area contributed by atoms with Crippen molar-refractivity contribution in [3.63, 3.8) is 0 Å². The molecule has 0 radical (unpaired) electrons. The average Bonchev–Trinajstić information content (AvgIpc) is 2.75. The van der Waals surface area contributed by atoms with Crippen molar-refractivity contribution in [3.05, 3.63) is 0 Å². The Balaban J connectivity index is 1.92. The maximum atomic E-state index is 11.2. The number of carbonyl (C=O) groups is 1. The Hall–Kier alpha value is -0.570. The van der Waals surface area contributed by atoms with Crippen LogP contribution in [0.1, 0.15) is 19.8 Å². The fraction of sp³-hybridized carbons (Fsp3) is 0.900. The van der Waals surface area contributed by atoms with Crippen molar-refractivity contribution in [2.45, 2.75) is 19.8 Å². The van der Waals surface area contributed by atoms with Gasteiger partial charge in [-0.25, -0.2) is 0 Å². The molecule has 0 aromatic rings. The topological polar surface area (TPSA) is 32.3 Å². The van der Waals surface area contributed by atoms with E-state index in [9.17, 15) is 4.79 Å². The van der Waals surface area contributed by atoms with Gasteiger partial charge in [0.05, 0.1) is 0 Å². The molecule has 1 amide bonds. The van der Waals surface area contributed by atoms with Crippen molar-refractivity contribution < 1.29 is 4.79 Å². The lowest BCUT2D eigenvalue weighted by atomic mass is 10.3. The van der Waals surface area contributed by atoms with Gasteiger partial charge in [0.25, 0.3) is 0 Å². The Labute approximate surface area is 80.5 Å². The van der Waals surface area contributed by atoms with Gasteiger partial charge in [-0.05, 0) is 24.8 Å². The van der Waals surface area contributed by atoms with Gasteiger partial charge in [0.1, 0.15) is 0 Å². The molecular formula is C10H20N2O. The van der Waals surface area contributed by atoms with Crippen LogP contribution in [0, 0.1) is 11.8 Å². The van der Waals surface area contributed by atoms with Gasteiger partial charge in [0.15, 0.2) is 0 Å². The molecule has 3 heteroatoms. The smallest absolute Gasteiger partial charge is 0.223 e. The molecule has 1 aliphatic carbocycles. The molecule has 0 aliphatic heterocycles. The second-order valence-electron chi connectivity index (χ2n) is 4.22. The van der Waals surface area contributed by atoms with Crippen LogP contribution in [0.4, 0.5) is 0 Å². The van der Waals surface area contributed by atoms with Crippen molar-refractivity contribution in [2.75, 3.05) is 27.2 Å². The third-order valence-electron chi connectivity index (χ3n) is 2.70. The Morgan fingerprint density at radius 2 is 2.15 bits per heavy atom. The van der Waals surface area contributed by atoms with Crippen LogP contribution in [0.25, 0.3) is 0 Å². The highest BCUT2D eigenvalue weighted by atomic mass is 16.2. The number of nitrogens with zero attached hydrogens (tertiary/aromatic N) is 1. The predicted octanol–water partition coefficient (Wildman–Crippen LogP) is 0.710. The molecule has 76 valence electrons. The van der Waals surface area contributed by atoms with Gasteiger partial charge in [0.2, 0.25) is 5.91 Å². The number of hydrogen-bond acceptors (Lipinski definition) is 2. The van der Waals surface area contributed by atoms with Gasteiger partial charge < -0.3 is 10.2 Å². The number of hydrogen-bond donors (Lipinski definition) is 1. The van der Waals surface area contributed by atoms with Crippen LogP contribution in [0.15, 0.2) is 0 Å². The SMILES string of the molecule is CC1CC1CNCCC(=O)N(C)C. The van der Waals surface area contributed by atoms with Crippen LogP contribution >= 0.6 is 0 Å². The molecule has 1 fully saturated rings. The molecule has 0 aromatic heterocycles. The maximum absolute atomic E-state index is 11.2. The van der Waals surface area contributed by atoms with E-state index in [-0.39, 0.29) is 5.91 Å². The first-order chi connectivity index (χ1) is 6.11. The van der Waals surface area contributed by atoms with Crippen molar-refractivity contribution >= 4 is 5.91 Å². The third kappa shape index (κ3) is 3.77. The van der Waals surface area contributed by atoms with Crippen molar-refractivity contribution in [2.24, 2.45) is 11.8 Å². The van der Waals surface area contributed by atoms with Crippen LogP contribution in [0.2, 0.25) is 0 Å². The standard InChI is InChI=1S/C10H20N2O/c1-8-6-9(8)7-11-5-4-10(13)12(2)3/h8-9,11H,4-7H2,1-3H3. The first-order valence-corrected chi connectivity index (χ1v) is 5.02. The Kier molecular flexibility index (Phi) is 3.72. The van der Waals surface area contributed by atoms with Crippen LogP contribution in [0.5, 0.6) is 0 Å². The highest BCUT2D eigenvalue weighted by Crippen LogP contribution is 2.36. The molecular weight excluding hydrogens is 164 g/mol. The highest BCUT2D eigenvalue weighted by Gasteiger charge is 2.31. The van der Waals surface area contributed by atoms with Crippen LogP contribution in [-0.2, 0) is 4.79 Å². The molecule has 2 unspecified atom stereocenters. The number of amides is 1. The summed E-state index contributed by atoms with van der Waals surface area (Å²) in [5.74, 6) is 1.97. The summed E-state index contributed by atoms with van der Waals surface area (Å²) >= 11 is 0. The zero-order valence-corrected chi connectivity index (χ0v) is 8.84. The first-order valence-electron chi connectivity index (χ1n) is 5.02. The lowest BCUT2D eigenvalue weighted by Crippen LogP contribution is -2.27. The zero-order valence-electron chi connectivity index (χ0n) is 8.84. The fourth-order valence-corrected chi connectivity index (χ4v) is 1.39. The molecule has 0 saturated heterocycles. The van der Waals surface area contributed by atoms with Gasteiger partial charge >= 0.3 is 0 Å². The van der Waals surface area contributed by atoms with E-state index in [0.717, 1.165) is 24.9 Å². The summed E-state index contributed by atoms with van der Waals surface area (Å²) in [6.45, 7) is 4.18. The second kappa shape index (κ2) is 4.61. The Morgan fingerprint density at radius 3 is 2.62 bits per heavy atom. The number of carbonyl (C=O) groups excluding carboxylic acids is 1. The minimum Gasteiger partial charge on any atom is -0.349 e. The first kappa shape index (κ1) is 10.5. The van der Waals surface area contributed by atoms with Gasteiger partial charge in [-0.1, -0.05) is 6.92 Å². The van der Waals surface area contributed by atoms with Gasteiger partial charge in [0, 0.05) is 27.1 Å². The van der Waals surface area contributed by atoms with Crippen LogP contribution in [-0.4, -0.2) is 38.0 Å². The molecule has 0 aromatic carbocycles. The van der Waals surface area contributed by atoms with Gasteiger partial charge in [-0.2, -0.15) is 0 Å². The van der Waals surface area contributed by atoms with E-state index < -0.39 is 0 Å². The van der Waals surface area contributed by atoms with E-state index >= 15 is 0 Å². The Bertz CT molecular complexity index is 180. The van der Waals surface area contributed by atoms with Crippen molar-refractivity contribution in [1.82, 2.24) is 10.2 Å². The minimum atomic E-state index is 0.205. The molecule has 1 saturated carbocycles. The summed E-state index contributed by atoms with van der Waals surface area (Å²) in [7, 11) is 3.59. The molecule has 3 nitrogen and oxygen atoms in total. The molecule has 0 bridgehead atoms. The van der Waals surface area contributed by atoms with Crippen molar-refractivity contribution in [3.8, 4) is 0 Å². The summed E-state index contributed by atoms with van der Waals surface area (Å²) in [5.41, 5.74) is 0. The summed E-state index contributed by atoms with van der Waals surface area (Å²) in [5, 5.41) is 3.32. The predicted molar refractivity (Wildman–Crippen MR) is 53.5 cm³/mol. The maximum Gasteiger partial charge on any atom is 0.223 e. The molecule has 0 heterocycles. The average molecular weight is 184 g/mol. The summed E-state index contributed by atoms with van der Waals surface area (Å²) < 4.78 is 0. The summed E-state index contributed by atoms with van der Waals surface area (Å²) in [6.07, 6.45) is 1.97. The number of rotatable bonds is 5. The largest absolute Gasteiger partial charge is 0.349 e. The molecule has 13 heavy (non-hydrogen) atoms. The van der Waals surface area contributed by atoms with Crippen molar-refractivity contribution in [1.29, 1.82) is 0 Å². The highest BCUT2D eigenvalue weighted by molar-refractivity contribution is 5.75. The lowest BCUT2D eigenvalue weighted by Gasteiger charge is -2.10. The van der Waals surface area contributed by atoms with E-state index in [4.69, 9.17) is 0 Å². The van der Waals surface area contributed by atoms with E-state index in [2.05, 4.69) is 12.2 Å². The van der Waals surface area contributed by atoms with Gasteiger partial charge in [-0.3, -0.25) is 4.79 Å². The van der Waals surface area contributed by atoms with E-state index in [1.54, 1.807) is 19.0 Å². The van der Waals surface area contributed by atoms with E-state index in [1.165, 1.54) is 6.42 Å². The van der Waals surface area contributed by atoms with Gasteiger partial charge in [-0.15, -0.1) is 0 Å². The molecule has 0 spiro atoms. The lowest BCUT2D eigenvalue weighted by molar-refractivity contribution is -0.128. The minimum absolute atomic E-state index is 0.205. The molecule has 1 rings (SSSR count). The molecule has 1 aliphatic rings. The summed E-state index contributed by atoms with van der Waals surface area (Å²) in [4.78, 5) is 12.8. The molecule has 2 atom stereocenters. The van der Waals surface area contributed by atoms with Crippen LogP contribution in [0.3, 0.4) is 0 Å². The third-order valence-corrected chi connectivity index (χ3v) is 2.70. The van der Waals surface area contributed by atoms with E-state index in [0.29, 0.717) is 6.42 Å². The van der Waals surface area contributed by atoms with E-state index in [1.807, 2.05) is 0 Å². The molecule has 1 N–H and O–H groups in total.